The summed E-state index contributed by atoms with van der Waals surface area (Å²) in [7, 11) is -1.84. The second kappa shape index (κ2) is 10.2. The number of hydrogen-bond acceptors (Lipinski definition) is 5. The Morgan fingerprint density at radius 1 is 1.27 bits per heavy atom. The molecule has 0 spiro atoms. The quantitative estimate of drug-likeness (QED) is 0.339. The number of rotatable bonds is 9. The molecule has 2 heterocycles. The van der Waals surface area contributed by atoms with Crippen molar-refractivity contribution in [2.45, 2.75) is 18.2 Å². The zero-order valence-electron chi connectivity index (χ0n) is 15.0. The average molecular weight is 396 g/mol. The third-order valence-electron chi connectivity index (χ3n) is 3.63. The van der Waals surface area contributed by atoms with Crippen LogP contribution in [-0.2, 0) is 16.4 Å². The standard InChI is InChI=1S/C17H25N5O2S2/c1-14(11-15-5-4-10-25-15)12-21-17(18-2)20-8-9-22-26(23,24)16-6-3-7-19-13-16/h3-7,10,13-14,22H,8-9,11-12H2,1-2H3,(H2,18,20,21). The molecule has 2 aromatic rings. The molecule has 0 radical (unpaired) electrons. The molecule has 0 aliphatic heterocycles. The van der Waals surface area contributed by atoms with Gasteiger partial charge in [0.15, 0.2) is 5.96 Å². The largest absolute Gasteiger partial charge is 0.356 e. The molecule has 2 aromatic heterocycles. The molecule has 0 amide bonds. The number of thiophene rings is 1. The maximum absolute atomic E-state index is 12.1. The van der Waals surface area contributed by atoms with Crippen LogP contribution in [0.1, 0.15) is 11.8 Å². The summed E-state index contributed by atoms with van der Waals surface area (Å²) in [6, 6.07) is 7.31. The Morgan fingerprint density at radius 3 is 2.77 bits per heavy atom. The maximum Gasteiger partial charge on any atom is 0.242 e. The lowest BCUT2D eigenvalue weighted by Gasteiger charge is -2.15. The fourth-order valence-electron chi connectivity index (χ4n) is 2.29. The highest BCUT2D eigenvalue weighted by Crippen LogP contribution is 2.13. The van der Waals surface area contributed by atoms with Crippen LogP contribution < -0.4 is 15.4 Å². The first-order valence-corrected chi connectivity index (χ1v) is 10.7. The van der Waals surface area contributed by atoms with Gasteiger partial charge in [0.1, 0.15) is 4.90 Å². The van der Waals surface area contributed by atoms with Crippen molar-refractivity contribution in [1.29, 1.82) is 0 Å². The van der Waals surface area contributed by atoms with Crippen molar-refractivity contribution in [2.75, 3.05) is 26.7 Å². The van der Waals surface area contributed by atoms with Crippen molar-refractivity contribution in [3.05, 3.63) is 46.9 Å². The first-order chi connectivity index (χ1) is 12.5. The fourth-order valence-corrected chi connectivity index (χ4v) is 4.16. The highest BCUT2D eigenvalue weighted by Gasteiger charge is 2.13. The molecule has 26 heavy (non-hydrogen) atoms. The normalized spacial score (nSPS) is 13.4. The highest BCUT2D eigenvalue weighted by molar-refractivity contribution is 7.89. The van der Waals surface area contributed by atoms with Gasteiger partial charge in [0, 0.05) is 44.0 Å². The molecule has 142 valence electrons. The topological polar surface area (TPSA) is 95.5 Å². The summed E-state index contributed by atoms with van der Waals surface area (Å²) in [6.07, 6.45) is 3.88. The smallest absolute Gasteiger partial charge is 0.242 e. The second-order valence-electron chi connectivity index (χ2n) is 5.86. The van der Waals surface area contributed by atoms with Gasteiger partial charge < -0.3 is 10.6 Å². The Balaban J connectivity index is 1.68. The van der Waals surface area contributed by atoms with E-state index in [1.165, 1.54) is 23.3 Å². The van der Waals surface area contributed by atoms with Gasteiger partial charge >= 0.3 is 0 Å². The van der Waals surface area contributed by atoms with Gasteiger partial charge in [0.05, 0.1) is 0 Å². The van der Waals surface area contributed by atoms with Crippen molar-refractivity contribution >= 4 is 27.3 Å². The monoisotopic (exact) mass is 395 g/mol. The van der Waals surface area contributed by atoms with Gasteiger partial charge in [-0.15, -0.1) is 11.3 Å². The Kier molecular flexibility index (Phi) is 8.02. The Bertz CT molecular complexity index is 777. The van der Waals surface area contributed by atoms with E-state index in [0.717, 1.165) is 13.0 Å². The Labute approximate surface area is 159 Å². The summed E-state index contributed by atoms with van der Waals surface area (Å²) in [6.45, 7) is 3.65. The Morgan fingerprint density at radius 2 is 2.12 bits per heavy atom. The maximum atomic E-state index is 12.1. The SMILES string of the molecule is CN=C(NCCNS(=O)(=O)c1cccnc1)NCC(C)Cc1cccs1. The lowest BCUT2D eigenvalue weighted by molar-refractivity contribution is 0.561. The van der Waals surface area contributed by atoms with E-state index in [0.29, 0.717) is 18.4 Å². The molecule has 0 bridgehead atoms. The zero-order valence-corrected chi connectivity index (χ0v) is 16.6. The average Bonchev–Trinajstić information content (AvgIpc) is 3.14. The molecule has 0 aliphatic rings. The minimum atomic E-state index is -3.53. The van der Waals surface area contributed by atoms with Crippen LogP contribution in [0.3, 0.4) is 0 Å². The number of aliphatic imine (C=N–C) groups is 1. The first-order valence-electron chi connectivity index (χ1n) is 8.38. The second-order valence-corrected chi connectivity index (χ2v) is 8.65. The van der Waals surface area contributed by atoms with Crippen LogP contribution in [0.4, 0.5) is 0 Å². The van der Waals surface area contributed by atoms with Gasteiger partial charge in [-0.05, 0) is 35.9 Å². The van der Waals surface area contributed by atoms with Crippen LogP contribution >= 0.6 is 11.3 Å². The summed E-state index contributed by atoms with van der Waals surface area (Å²) in [4.78, 5) is 9.51. The molecule has 0 aromatic carbocycles. The van der Waals surface area contributed by atoms with E-state index in [-0.39, 0.29) is 11.4 Å². The van der Waals surface area contributed by atoms with Crippen LogP contribution in [0.25, 0.3) is 0 Å². The molecule has 3 N–H and O–H groups in total. The van der Waals surface area contributed by atoms with Gasteiger partial charge in [-0.3, -0.25) is 9.98 Å². The highest BCUT2D eigenvalue weighted by atomic mass is 32.2. The molecule has 0 saturated carbocycles. The summed E-state index contributed by atoms with van der Waals surface area (Å²) in [5.74, 6) is 1.12. The number of aromatic nitrogens is 1. The molecular formula is C17H25N5O2S2. The van der Waals surface area contributed by atoms with Crippen LogP contribution in [0.2, 0.25) is 0 Å². The molecule has 9 heteroatoms. The number of hydrogen-bond donors (Lipinski definition) is 3. The van der Waals surface area contributed by atoms with Crippen molar-refractivity contribution in [3.63, 3.8) is 0 Å². The minimum absolute atomic E-state index is 0.157. The van der Waals surface area contributed by atoms with E-state index in [1.54, 1.807) is 24.5 Å². The lowest BCUT2D eigenvalue weighted by Crippen LogP contribution is -2.43. The third kappa shape index (κ3) is 6.74. The van der Waals surface area contributed by atoms with E-state index in [4.69, 9.17) is 0 Å². The lowest BCUT2D eigenvalue weighted by atomic mass is 10.1. The van der Waals surface area contributed by atoms with Crippen molar-refractivity contribution in [3.8, 4) is 0 Å². The molecular weight excluding hydrogens is 370 g/mol. The van der Waals surface area contributed by atoms with Gasteiger partial charge in [-0.2, -0.15) is 0 Å². The molecule has 1 atom stereocenters. The van der Waals surface area contributed by atoms with Crippen LogP contribution in [0.15, 0.2) is 51.9 Å². The third-order valence-corrected chi connectivity index (χ3v) is 5.97. The number of pyridine rings is 1. The van der Waals surface area contributed by atoms with Gasteiger partial charge in [0.2, 0.25) is 10.0 Å². The summed E-state index contributed by atoms with van der Waals surface area (Å²) in [5.41, 5.74) is 0. The van der Waals surface area contributed by atoms with Crippen LogP contribution in [0, 0.1) is 5.92 Å². The van der Waals surface area contributed by atoms with Gasteiger partial charge in [-0.25, -0.2) is 13.1 Å². The first kappa shape index (κ1) is 20.3. The molecule has 0 aliphatic carbocycles. The van der Waals surface area contributed by atoms with Crippen molar-refractivity contribution < 1.29 is 8.42 Å². The number of nitrogens with one attached hydrogen (secondary N) is 3. The van der Waals surface area contributed by atoms with Crippen LogP contribution in [-0.4, -0.2) is 46.0 Å². The minimum Gasteiger partial charge on any atom is -0.356 e. The molecule has 7 nitrogen and oxygen atoms in total. The predicted molar refractivity (Wildman–Crippen MR) is 106 cm³/mol. The van der Waals surface area contributed by atoms with E-state index in [1.807, 2.05) is 0 Å². The predicted octanol–water partition coefficient (Wildman–Crippen LogP) is 1.47. The molecule has 0 saturated heterocycles. The van der Waals surface area contributed by atoms with Gasteiger partial charge in [-0.1, -0.05) is 13.0 Å². The summed E-state index contributed by atoms with van der Waals surface area (Å²) < 4.78 is 26.7. The van der Waals surface area contributed by atoms with Crippen molar-refractivity contribution in [1.82, 2.24) is 20.3 Å². The molecule has 0 fully saturated rings. The number of nitrogens with zero attached hydrogens (tertiary/aromatic N) is 2. The van der Waals surface area contributed by atoms with E-state index < -0.39 is 10.0 Å². The van der Waals surface area contributed by atoms with E-state index >= 15 is 0 Å². The van der Waals surface area contributed by atoms with E-state index in [9.17, 15) is 8.42 Å². The molecule has 1 unspecified atom stereocenters. The zero-order chi connectivity index (χ0) is 18.8. The van der Waals surface area contributed by atoms with Crippen LogP contribution in [0.5, 0.6) is 0 Å². The van der Waals surface area contributed by atoms with Gasteiger partial charge in [0.25, 0.3) is 0 Å². The Hall–Kier alpha value is -1.97. The summed E-state index contributed by atoms with van der Waals surface area (Å²) >= 11 is 1.77. The number of sulfonamides is 1. The fraction of sp³-hybridized carbons (Fsp3) is 0.412. The number of guanidine groups is 1. The molecule has 2 rings (SSSR count). The van der Waals surface area contributed by atoms with E-state index in [2.05, 4.69) is 49.8 Å². The summed E-state index contributed by atoms with van der Waals surface area (Å²) in [5, 5.41) is 8.46. The van der Waals surface area contributed by atoms with Crippen molar-refractivity contribution in [2.24, 2.45) is 10.9 Å².